The van der Waals surface area contributed by atoms with Crippen molar-refractivity contribution < 1.29 is 14.3 Å². The van der Waals surface area contributed by atoms with Crippen LogP contribution in [0.15, 0.2) is 54.2 Å². The first-order valence-electron chi connectivity index (χ1n) is 11.4. The molecule has 2 heterocycles. The van der Waals surface area contributed by atoms with Crippen LogP contribution >= 0.6 is 0 Å². The van der Waals surface area contributed by atoms with Crippen LogP contribution in [0.4, 0.5) is 0 Å². The Balaban J connectivity index is 1.44. The fourth-order valence-electron chi connectivity index (χ4n) is 4.59. The van der Waals surface area contributed by atoms with Gasteiger partial charge in [-0.05, 0) is 43.9 Å². The number of allylic oxidation sites excluding steroid dienone is 2. The van der Waals surface area contributed by atoms with E-state index < -0.39 is 0 Å². The molecule has 2 aliphatic rings. The molecule has 1 aromatic carbocycles. The highest BCUT2D eigenvalue weighted by Crippen LogP contribution is 2.37. The zero-order chi connectivity index (χ0) is 22.3. The van der Waals surface area contributed by atoms with Crippen LogP contribution in [0.1, 0.15) is 44.1 Å². The normalized spacial score (nSPS) is 20.1. The molecule has 1 aromatic heterocycles. The van der Waals surface area contributed by atoms with Gasteiger partial charge in [-0.1, -0.05) is 25.0 Å². The first-order valence-corrected chi connectivity index (χ1v) is 11.4. The molecule has 0 bridgehead atoms. The lowest BCUT2D eigenvalue weighted by Gasteiger charge is -2.37. The minimum absolute atomic E-state index is 0.0400. The molecule has 1 aliphatic carbocycles. The monoisotopic (exact) mass is 436 g/mol. The van der Waals surface area contributed by atoms with Gasteiger partial charge in [0.2, 0.25) is 5.91 Å². The molecule has 0 saturated carbocycles. The number of hydrazone groups is 1. The van der Waals surface area contributed by atoms with Crippen LogP contribution in [0, 0.1) is 11.8 Å². The van der Waals surface area contributed by atoms with Gasteiger partial charge in [0.1, 0.15) is 0 Å². The van der Waals surface area contributed by atoms with Crippen molar-refractivity contribution in [3.63, 3.8) is 0 Å². The minimum atomic E-state index is -0.0400. The van der Waals surface area contributed by atoms with Gasteiger partial charge in [0.25, 0.3) is 0 Å². The van der Waals surface area contributed by atoms with Gasteiger partial charge in [-0.3, -0.25) is 4.79 Å². The molecule has 170 valence electrons. The van der Waals surface area contributed by atoms with Crippen molar-refractivity contribution in [3.05, 3.63) is 54.6 Å². The quantitative estimate of drug-likeness (QED) is 0.412. The Hall–Kier alpha value is -3.09. The van der Waals surface area contributed by atoms with Gasteiger partial charge < -0.3 is 14.0 Å². The minimum Gasteiger partial charge on any atom is -0.493 e. The summed E-state index contributed by atoms with van der Waals surface area (Å²) in [5.41, 5.74) is 1.96. The van der Waals surface area contributed by atoms with E-state index in [0.29, 0.717) is 18.0 Å². The second-order valence-corrected chi connectivity index (χ2v) is 8.39. The molecule has 1 aliphatic heterocycles. The number of benzene rings is 1. The zero-order valence-corrected chi connectivity index (χ0v) is 18.9. The number of rotatable bonds is 10. The van der Waals surface area contributed by atoms with Crippen LogP contribution in [0.5, 0.6) is 11.5 Å². The van der Waals surface area contributed by atoms with Crippen molar-refractivity contribution in [1.82, 2.24) is 14.6 Å². The third-order valence-corrected chi connectivity index (χ3v) is 6.36. The first-order chi connectivity index (χ1) is 15.7. The number of hydrogen-bond donors (Lipinski definition) is 0. The van der Waals surface area contributed by atoms with Gasteiger partial charge in [0.05, 0.1) is 32.2 Å². The standard InChI is InChI=1S/C25H32N4O3/c1-31-22-12-11-19(17-23(22)32-2)24-20-9-5-6-10-21(20)25(30)29(27-24)15-8-4-3-7-14-28-16-13-26-18-28/h5-6,11-13,16-18,20-21H,3-4,7-10,14-15H2,1-2H3/t20-,21+/m0/s1. The number of hydrogen-bond acceptors (Lipinski definition) is 5. The third-order valence-electron chi connectivity index (χ3n) is 6.36. The van der Waals surface area contributed by atoms with Gasteiger partial charge in [-0.25, -0.2) is 9.99 Å². The Kier molecular flexibility index (Phi) is 7.24. The number of carbonyl (C=O) groups is 1. The lowest BCUT2D eigenvalue weighted by atomic mass is 9.76. The molecule has 7 heteroatoms. The van der Waals surface area contributed by atoms with E-state index in [1.807, 2.05) is 36.9 Å². The topological polar surface area (TPSA) is 69.0 Å². The number of amides is 1. The predicted molar refractivity (Wildman–Crippen MR) is 124 cm³/mol. The Morgan fingerprint density at radius 1 is 0.969 bits per heavy atom. The average molecular weight is 437 g/mol. The lowest BCUT2D eigenvalue weighted by Crippen LogP contribution is -2.45. The third kappa shape index (κ3) is 4.87. The lowest BCUT2D eigenvalue weighted by molar-refractivity contribution is -0.137. The molecular formula is C25H32N4O3. The number of nitrogens with zero attached hydrogens (tertiary/aromatic N) is 4. The number of aryl methyl sites for hydroxylation is 1. The van der Waals surface area contributed by atoms with Gasteiger partial charge in [-0.15, -0.1) is 0 Å². The van der Waals surface area contributed by atoms with Gasteiger partial charge >= 0.3 is 0 Å². The van der Waals surface area contributed by atoms with Crippen molar-refractivity contribution in [2.45, 2.75) is 45.1 Å². The van der Waals surface area contributed by atoms with Gasteiger partial charge in [-0.2, -0.15) is 5.10 Å². The molecule has 0 unspecified atom stereocenters. The van der Waals surface area contributed by atoms with E-state index >= 15 is 0 Å². The van der Waals surface area contributed by atoms with E-state index in [2.05, 4.69) is 21.7 Å². The van der Waals surface area contributed by atoms with E-state index in [4.69, 9.17) is 14.6 Å². The number of unbranched alkanes of at least 4 members (excludes halogenated alkanes) is 3. The van der Waals surface area contributed by atoms with E-state index in [9.17, 15) is 4.79 Å². The molecule has 1 amide bonds. The van der Waals surface area contributed by atoms with E-state index in [1.54, 1.807) is 19.2 Å². The summed E-state index contributed by atoms with van der Waals surface area (Å²) in [5, 5.41) is 6.58. The molecule has 0 fully saturated rings. The average Bonchev–Trinajstić information content (AvgIpc) is 3.36. The molecule has 0 N–H and O–H groups in total. The molecule has 2 aromatic rings. The maximum absolute atomic E-state index is 13.2. The summed E-state index contributed by atoms with van der Waals surface area (Å²) in [6.07, 6.45) is 15.8. The fraction of sp³-hybridized carbons (Fsp3) is 0.480. The summed E-state index contributed by atoms with van der Waals surface area (Å²) in [6, 6.07) is 5.89. The Morgan fingerprint density at radius 2 is 1.72 bits per heavy atom. The number of methoxy groups -OCH3 is 2. The van der Waals surface area contributed by atoms with Crippen molar-refractivity contribution in [2.24, 2.45) is 16.9 Å². The number of aromatic nitrogens is 2. The Morgan fingerprint density at radius 3 is 2.44 bits per heavy atom. The van der Waals surface area contributed by atoms with Crippen LogP contribution in [0.3, 0.4) is 0 Å². The smallest absolute Gasteiger partial charge is 0.246 e. The summed E-state index contributed by atoms with van der Waals surface area (Å²) >= 11 is 0. The zero-order valence-electron chi connectivity index (χ0n) is 18.9. The first kappa shape index (κ1) is 22.1. The molecule has 0 saturated heterocycles. The highest BCUT2D eigenvalue weighted by molar-refractivity contribution is 6.07. The molecule has 0 radical (unpaired) electrons. The second kappa shape index (κ2) is 10.5. The highest BCUT2D eigenvalue weighted by Gasteiger charge is 2.39. The Bertz CT molecular complexity index is 968. The molecule has 4 rings (SSSR count). The molecule has 32 heavy (non-hydrogen) atoms. The highest BCUT2D eigenvalue weighted by atomic mass is 16.5. The van der Waals surface area contributed by atoms with Crippen molar-refractivity contribution in [1.29, 1.82) is 0 Å². The largest absolute Gasteiger partial charge is 0.493 e. The van der Waals surface area contributed by atoms with Crippen LogP contribution in [-0.4, -0.2) is 46.9 Å². The summed E-state index contributed by atoms with van der Waals surface area (Å²) in [4.78, 5) is 17.2. The summed E-state index contributed by atoms with van der Waals surface area (Å²) < 4.78 is 13.0. The van der Waals surface area contributed by atoms with Crippen LogP contribution in [0.25, 0.3) is 0 Å². The van der Waals surface area contributed by atoms with Crippen LogP contribution < -0.4 is 9.47 Å². The number of ether oxygens (including phenoxy) is 2. The molecule has 2 atom stereocenters. The fourth-order valence-corrected chi connectivity index (χ4v) is 4.59. The van der Waals surface area contributed by atoms with Crippen LogP contribution in [-0.2, 0) is 11.3 Å². The van der Waals surface area contributed by atoms with Crippen molar-refractivity contribution >= 4 is 11.6 Å². The van der Waals surface area contributed by atoms with Crippen molar-refractivity contribution in [2.75, 3.05) is 20.8 Å². The number of fused-ring (bicyclic) bond motifs is 1. The van der Waals surface area contributed by atoms with Gasteiger partial charge in [0, 0.05) is 37.0 Å². The van der Waals surface area contributed by atoms with E-state index in [-0.39, 0.29) is 17.7 Å². The summed E-state index contributed by atoms with van der Waals surface area (Å²) in [6.45, 7) is 1.65. The number of imidazole rings is 1. The number of carbonyl (C=O) groups excluding carboxylic acids is 1. The maximum Gasteiger partial charge on any atom is 0.246 e. The van der Waals surface area contributed by atoms with E-state index in [1.165, 1.54) is 0 Å². The predicted octanol–water partition coefficient (Wildman–Crippen LogP) is 4.29. The van der Waals surface area contributed by atoms with Crippen LogP contribution in [0.2, 0.25) is 0 Å². The molecular weight excluding hydrogens is 404 g/mol. The molecule has 7 nitrogen and oxygen atoms in total. The Labute approximate surface area is 189 Å². The second-order valence-electron chi connectivity index (χ2n) is 8.39. The van der Waals surface area contributed by atoms with Crippen molar-refractivity contribution in [3.8, 4) is 11.5 Å². The van der Waals surface area contributed by atoms with Gasteiger partial charge in [0.15, 0.2) is 11.5 Å². The SMILES string of the molecule is COc1ccc(C2=NN(CCCCCCn3ccnc3)C(=O)[C@@H]3CC=CC[C@H]23)cc1OC. The maximum atomic E-state index is 13.2. The summed E-state index contributed by atoms with van der Waals surface area (Å²) in [7, 11) is 3.27. The summed E-state index contributed by atoms with van der Waals surface area (Å²) in [5.74, 6) is 1.59. The van der Waals surface area contributed by atoms with E-state index in [0.717, 1.165) is 56.3 Å². The molecule has 0 spiro atoms.